The summed E-state index contributed by atoms with van der Waals surface area (Å²) >= 11 is 6.57. The van der Waals surface area contributed by atoms with Crippen molar-refractivity contribution in [3.63, 3.8) is 0 Å². The number of pyridine rings is 1. The maximum atomic E-state index is 12.7. The van der Waals surface area contributed by atoms with Crippen molar-refractivity contribution in [2.75, 3.05) is 74.4 Å². The number of urea groups is 1. The number of benzene rings is 2. The number of imidazole rings is 1. The first kappa shape index (κ1) is 45.8. The molecule has 3 fully saturated rings. The largest absolute Gasteiger partial charge is 0.385 e. The molecule has 3 aromatic heterocycles. The molecule has 344 valence electrons. The molecule has 16 heteroatoms. The Balaban J connectivity index is 0.000000888. The molecule has 0 radical (unpaired) electrons. The standard InChI is InChI=1S/C44H52ClN11O3.C5H10O/c1-47-36-25-40(51-56-39(41(46)58)27-50-42(36)56)54-20-14-33-32(6-4-7-37(33)54)35-11-8-29(26-49-35)28-53-21-17-44(18-22-53)15-12-30(13-16-44)52(3)31-9-10-34(45)38(24-31)55(19-5-23-57)43(59)48-2;1-6-5-3-2-4-5/h4,6-11,23-27,30,47H,5,12-22,28H2,1-3H3,(H2,46,58)(H,48,59);5H,2-4H2,1H3. The third-order valence-electron chi connectivity index (χ3n) is 14.2. The van der Waals surface area contributed by atoms with Crippen molar-refractivity contribution < 1.29 is 19.1 Å². The average Bonchev–Trinajstić information content (AvgIpc) is 3.96. The first-order valence-corrected chi connectivity index (χ1v) is 23.3. The molecule has 0 atom stereocenters. The van der Waals surface area contributed by atoms with Gasteiger partial charge in [0.25, 0.3) is 5.91 Å². The summed E-state index contributed by atoms with van der Waals surface area (Å²) in [5.74, 6) is 0.127. The number of piperidine rings is 1. The fourth-order valence-corrected chi connectivity index (χ4v) is 10.2. The van der Waals surface area contributed by atoms with Gasteiger partial charge in [0.15, 0.2) is 11.5 Å². The summed E-state index contributed by atoms with van der Waals surface area (Å²) in [6.45, 7) is 4.05. The second kappa shape index (κ2) is 20.2. The van der Waals surface area contributed by atoms with Crippen molar-refractivity contribution >= 4 is 64.0 Å². The number of amides is 3. The first-order chi connectivity index (χ1) is 31.5. The number of ether oxygens (including phenoxy) is 1. The Kier molecular flexibility index (Phi) is 14.2. The molecule has 65 heavy (non-hydrogen) atoms. The van der Waals surface area contributed by atoms with Crippen LogP contribution in [0.5, 0.6) is 0 Å². The number of likely N-dealkylation sites (tertiary alicyclic amines) is 1. The van der Waals surface area contributed by atoms with E-state index in [2.05, 4.69) is 67.7 Å². The highest BCUT2D eigenvalue weighted by atomic mass is 35.5. The maximum Gasteiger partial charge on any atom is 0.321 e. The predicted octanol–water partition coefficient (Wildman–Crippen LogP) is 7.86. The van der Waals surface area contributed by atoms with Crippen molar-refractivity contribution in [1.29, 1.82) is 0 Å². The number of hydrogen-bond acceptors (Lipinski definition) is 11. The second-order valence-electron chi connectivity index (χ2n) is 17.9. The van der Waals surface area contributed by atoms with E-state index < -0.39 is 5.91 Å². The van der Waals surface area contributed by atoms with Gasteiger partial charge in [-0.05, 0) is 124 Å². The van der Waals surface area contributed by atoms with Gasteiger partial charge in [-0.25, -0.2) is 14.3 Å². The first-order valence-electron chi connectivity index (χ1n) is 23.0. The third-order valence-corrected chi connectivity index (χ3v) is 14.5. The molecule has 5 aromatic rings. The van der Waals surface area contributed by atoms with E-state index in [0.29, 0.717) is 39.7 Å². The number of halogens is 1. The van der Waals surface area contributed by atoms with Gasteiger partial charge < -0.3 is 35.7 Å². The number of fused-ring (bicyclic) bond motifs is 2. The summed E-state index contributed by atoms with van der Waals surface area (Å²) in [5, 5.41) is 11.1. The topological polar surface area (TPSA) is 167 Å². The lowest BCUT2D eigenvalue weighted by Gasteiger charge is -2.47. The molecule has 0 bridgehead atoms. The normalized spacial score (nSPS) is 17.2. The van der Waals surface area contributed by atoms with Crippen LogP contribution in [-0.4, -0.2) is 109 Å². The fraction of sp³-hybridized carbons (Fsp3) is 0.469. The Bertz CT molecular complexity index is 2470. The van der Waals surface area contributed by atoms with Crippen molar-refractivity contribution in [1.82, 2.24) is 29.8 Å². The molecule has 4 N–H and O–H groups in total. The van der Waals surface area contributed by atoms with Gasteiger partial charge in [-0.3, -0.25) is 19.6 Å². The fourth-order valence-electron chi connectivity index (χ4n) is 9.97. The zero-order valence-corrected chi connectivity index (χ0v) is 38.8. The minimum absolute atomic E-state index is 0.235. The van der Waals surface area contributed by atoms with Crippen LogP contribution >= 0.6 is 11.6 Å². The van der Waals surface area contributed by atoms with Crippen LogP contribution in [0, 0.1) is 5.41 Å². The Morgan fingerprint density at radius 1 is 0.985 bits per heavy atom. The summed E-state index contributed by atoms with van der Waals surface area (Å²) in [5.41, 5.74) is 14.8. The minimum atomic E-state index is -0.580. The van der Waals surface area contributed by atoms with Crippen LogP contribution in [0.4, 0.5) is 33.4 Å². The number of anilines is 5. The molecule has 0 unspecified atom stereocenters. The van der Waals surface area contributed by atoms with Gasteiger partial charge in [0.1, 0.15) is 12.0 Å². The van der Waals surface area contributed by atoms with Crippen LogP contribution in [0.2, 0.25) is 5.02 Å². The van der Waals surface area contributed by atoms with Gasteiger partial charge in [0.2, 0.25) is 0 Å². The number of nitrogens with two attached hydrogens (primary N) is 1. The van der Waals surface area contributed by atoms with Gasteiger partial charge in [-0.15, -0.1) is 5.10 Å². The van der Waals surface area contributed by atoms with Crippen LogP contribution in [0.25, 0.3) is 16.9 Å². The van der Waals surface area contributed by atoms with Gasteiger partial charge >= 0.3 is 6.03 Å². The summed E-state index contributed by atoms with van der Waals surface area (Å²) in [6.07, 6.45) is 17.0. The van der Waals surface area contributed by atoms with Crippen LogP contribution < -0.4 is 31.1 Å². The molecule has 15 nitrogen and oxygen atoms in total. The van der Waals surface area contributed by atoms with Gasteiger partial charge in [0.05, 0.1) is 34.4 Å². The highest BCUT2D eigenvalue weighted by Gasteiger charge is 2.39. The van der Waals surface area contributed by atoms with E-state index >= 15 is 0 Å². The van der Waals surface area contributed by atoms with Crippen LogP contribution in [0.1, 0.15) is 85.8 Å². The number of primary amides is 1. The number of carbonyl (C=O) groups excluding carboxylic acids is 3. The average molecular weight is 905 g/mol. The zero-order chi connectivity index (χ0) is 45.7. The molecule has 3 amide bonds. The number of aldehydes is 1. The summed E-state index contributed by atoms with van der Waals surface area (Å²) in [6, 6.07) is 18.6. The predicted molar refractivity (Wildman–Crippen MR) is 258 cm³/mol. The zero-order valence-electron chi connectivity index (χ0n) is 38.1. The lowest BCUT2D eigenvalue weighted by Crippen LogP contribution is -2.45. The molecule has 2 aromatic carbocycles. The highest BCUT2D eigenvalue weighted by molar-refractivity contribution is 6.34. The number of carbonyl (C=O) groups is 3. The molecule has 1 spiro atoms. The molecule has 9 rings (SSSR count). The third kappa shape index (κ3) is 9.78. The van der Waals surface area contributed by atoms with E-state index in [-0.39, 0.29) is 24.7 Å². The molecule has 2 aliphatic carbocycles. The number of rotatable bonds is 13. The van der Waals surface area contributed by atoms with Crippen molar-refractivity contribution in [3.8, 4) is 11.3 Å². The van der Waals surface area contributed by atoms with Crippen LogP contribution in [0.3, 0.4) is 0 Å². The molecule has 4 aliphatic rings. The Morgan fingerprint density at radius 2 is 1.77 bits per heavy atom. The smallest absolute Gasteiger partial charge is 0.321 e. The second-order valence-corrected chi connectivity index (χ2v) is 18.3. The van der Waals surface area contributed by atoms with E-state index in [0.717, 1.165) is 80.0 Å². The van der Waals surface area contributed by atoms with Crippen molar-refractivity contribution in [2.45, 2.75) is 89.3 Å². The molecular weight excluding hydrogens is 842 g/mol. The summed E-state index contributed by atoms with van der Waals surface area (Å²) in [4.78, 5) is 53.8. The lowest BCUT2D eigenvalue weighted by atomic mass is 9.66. The van der Waals surface area contributed by atoms with E-state index in [1.54, 1.807) is 19.1 Å². The molecule has 5 heterocycles. The van der Waals surface area contributed by atoms with Crippen molar-refractivity contribution in [3.05, 3.63) is 88.8 Å². The van der Waals surface area contributed by atoms with Crippen LogP contribution in [0.15, 0.2) is 67.0 Å². The number of methoxy groups -OCH3 is 1. The SMILES string of the molecule is CNC(=O)N(CCC=O)c1cc(N(C)C2CCC3(CC2)CCN(Cc2ccc(-c4cccc5c4CCN5c4cc(NC)c5ncc(C(N)=O)n5n4)nc2)CC3)ccc1Cl.COC1CCC1. The Labute approximate surface area is 386 Å². The Hall–Kier alpha value is -5.77. The molecule has 1 saturated heterocycles. The highest BCUT2D eigenvalue weighted by Crippen LogP contribution is 2.47. The molecule has 2 aliphatic heterocycles. The monoisotopic (exact) mass is 903 g/mol. The van der Waals surface area contributed by atoms with Gasteiger partial charge in [0, 0.05) is 89.6 Å². The summed E-state index contributed by atoms with van der Waals surface area (Å²) in [7, 11) is 7.32. The van der Waals surface area contributed by atoms with Crippen molar-refractivity contribution in [2.24, 2.45) is 11.1 Å². The number of nitrogens with one attached hydrogen (secondary N) is 2. The van der Waals surface area contributed by atoms with E-state index in [9.17, 15) is 14.4 Å². The number of nitrogens with zero attached hydrogens (tertiary/aromatic N) is 8. The number of hydrogen-bond donors (Lipinski definition) is 3. The quantitative estimate of drug-likeness (QED) is 0.0985. The maximum absolute atomic E-state index is 12.7. The molecule has 2 saturated carbocycles. The van der Waals surface area contributed by atoms with Crippen LogP contribution in [-0.2, 0) is 22.5 Å². The summed E-state index contributed by atoms with van der Waals surface area (Å²) < 4.78 is 6.50. The van der Waals surface area contributed by atoms with Gasteiger partial charge in [-0.2, -0.15) is 0 Å². The Morgan fingerprint density at radius 3 is 2.40 bits per heavy atom. The lowest BCUT2D eigenvalue weighted by molar-refractivity contribution is -0.107. The van der Waals surface area contributed by atoms with Gasteiger partial charge in [-0.1, -0.05) is 29.8 Å². The molecular formula is C49H62ClN11O4. The minimum Gasteiger partial charge on any atom is -0.385 e. The number of aromatic nitrogens is 4. The van der Waals surface area contributed by atoms with E-state index in [1.807, 2.05) is 37.5 Å². The van der Waals surface area contributed by atoms with E-state index in [4.69, 9.17) is 32.2 Å². The van der Waals surface area contributed by atoms with E-state index in [1.165, 1.54) is 66.8 Å².